The third-order valence-corrected chi connectivity index (χ3v) is 5.12. The normalized spacial score (nSPS) is 39.9. The van der Waals surface area contributed by atoms with Gasteiger partial charge in [-0.05, 0) is 55.3 Å². The van der Waals surface area contributed by atoms with Gasteiger partial charge < -0.3 is 5.11 Å². The topological polar surface area (TPSA) is 20.2 Å². The van der Waals surface area contributed by atoms with Crippen LogP contribution in [0.2, 0.25) is 0 Å². The van der Waals surface area contributed by atoms with E-state index in [-0.39, 0.29) is 6.61 Å². The zero-order valence-electron chi connectivity index (χ0n) is 12.6. The van der Waals surface area contributed by atoms with Crippen LogP contribution >= 0.6 is 0 Å². The highest BCUT2D eigenvalue weighted by Crippen LogP contribution is 2.58. The third-order valence-electron chi connectivity index (χ3n) is 5.12. The molecular weight excluding hydrogens is 208 g/mol. The molecule has 0 aromatic carbocycles. The summed E-state index contributed by atoms with van der Waals surface area (Å²) in [6.07, 6.45) is 8.87. The lowest BCUT2D eigenvalue weighted by Gasteiger charge is -2.55. The lowest BCUT2D eigenvalue weighted by molar-refractivity contribution is -0.0468. The second kappa shape index (κ2) is 5.73. The maximum Gasteiger partial charge on any atom is 0.0402 e. The summed E-state index contributed by atoms with van der Waals surface area (Å²) in [7, 11) is 0. The summed E-state index contributed by atoms with van der Waals surface area (Å²) >= 11 is 0. The van der Waals surface area contributed by atoms with E-state index in [4.69, 9.17) is 5.11 Å². The minimum absolute atomic E-state index is 0.250. The summed E-state index contributed by atoms with van der Waals surface area (Å²) < 4.78 is 0. The molecule has 3 unspecified atom stereocenters. The molecule has 102 valence electrons. The maximum absolute atomic E-state index is 7.57. The van der Waals surface area contributed by atoms with Crippen LogP contribution < -0.4 is 0 Å². The molecule has 0 aromatic heterocycles. The molecule has 0 aromatic rings. The molecule has 1 N–H and O–H groups in total. The van der Waals surface area contributed by atoms with E-state index in [1.54, 1.807) is 6.92 Å². The van der Waals surface area contributed by atoms with Gasteiger partial charge in [0.15, 0.2) is 0 Å². The van der Waals surface area contributed by atoms with Crippen molar-refractivity contribution in [2.24, 2.45) is 22.7 Å². The number of fused-ring (bicyclic) bond motifs is 1. The van der Waals surface area contributed by atoms with Gasteiger partial charge in [0, 0.05) is 6.61 Å². The second-order valence-corrected chi connectivity index (χ2v) is 7.25. The van der Waals surface area contributed by atoms with Gasteiger partial charge in [-0.3, -0.25) is 0 Å². The molecule has 0 saturated heterocycles. The molecule has 0 aliphatic heterocycles. The van der Waals surface area contributed by atoms with E-state index in [0.29, 0.717) is 10.8 Å². The monoisotopic (exact) mass is 240 g/mol. The number of hydrogen-bond donors (Lipinski definition) is 1. The predicted molar refractivity (Wildman–Crippen MR) is 75.0 cm³/mol. The lowest BCUT2D eigenvalue weighted by atomic mass is 9.50. The van der Waals surface area contributed by atoms with Crippen molar-refractivity contribution in [2.75, 3.05) is 6.61 Å². The average molecular weight is 240 g/mol. The summed E-state index contributed by atoms with van der Waals surface area (Å²) in [6.45, 7) is 12.0. The molecule has 0 spiro atoms. The van der Waals surface area contributed by atoms with E-state index in [9.17, 15) is 0 Å². The molecule has 2 rings (SSSR count). The summed E-state index contributed by atoms with van der Waals surface area (Å²) in [5.41, 5.74) is 1.30. The Morgan fingerprint density at radius 3 is 2.29 bits per heavy atom. The van der Waals surface area contributed by atoms with Crippen LogP contribution in [-0.4, -0.2) is 11.7 Å². The van der Waals surface area contributed by atoms with Crippen molar-refractivity contribution in [3.63, 3.8) is 0 Å². The van der Waals surface area contributed by atoms with Crippen molar-refractivity contribution in [3.8, 4) is 0 Å². The minimum atomic E-state index is 0.250. The van der Waals surface area contributed by atoms with Crippen molar-refractivity contribution < 1.29 is 5.11 Å². The minimum Gasteiger partial charge on any atom is -0.397 e. The maximum atomic E-state index is 7.57. The quantitative estimate of drug-likeness (QED) is 0.654. The van der Waals surface area contributed by atoms with E-state index < -0.39 is 0 Å². The molecule has 0 bridgehead atoms. The van der Waals surface area contributed by atoms with Crippen molar-refractivity contribution in [1.29, 1.82) is 0 Å². The van der Waals surface area contributed by atoms with Crippen molar-refractivity contribution >= 4 is 0 Å². The van der Waals surface area contributed by atoms with Crippen LogP contribution in [0.15, 0.2) is 0 Å². The van der Waals surface area contributed by atoms with Gasteiger partial charge in [0.1, 0.15) is 0 Å². The Bertz CT molecular complexity index is 234. The summed E-state index contributed by atoms with van der Waals surface area (Å²) in [5.74, 6) is 1.98. The average Bonchev–Trinajstić information content (AvgIpc) is 2.15. The van der Waals surface area contributed by atoms with Gasteiger partial charge in [0.2, 0.25) is 0 Å². The zero-order valence-corrected chi connectivity index (χ0v) is 12.6. The van der Waals surface area contributed by atoms with Crippen LogP contribution in [0.5, 0.6) is 0 Å². The zero-order chi connectivity index (χ0) is 13.1. The fraction of sp³-hybridized carbons (Fsp3) is 1.00. The molecule has 2 aliphatic rings. The Labute approximate surface area is 108 Å². The van der Waals surface area contributed by atoms with Gasteiger partial charge in [-0.2, -0.15) is 0 Å². The van der Waals surface area contributed by atoms with Gasteiger partial charge in [-0.1, -0.05) is 40.5 Å². The highest BCUT2D eigenvalue weighted by Gasteiger charge is 2.48. The van der Waals surface area contributed by atoms with Crippen molar-refractivity contribution in [1.82, 2.24) is 0 Å². The second-order valence-electron chi connectivity index (χ2n) is 7.25. The van der Waals surface area contributed by atoms with E-state index in [0.717, 1.165) is 11.8 Å². The molecule has 0 heterocycles. The van der Waals surface area contributed by atoms with Gasteiger partial charge >= 0.3 is 0 Å². The molecule has 0 radical (unpaired) electrons. The van der Waals surface area contributed by atoms with Crippen LogP contribution in [0.1, 0.15) is 73.1 Å². The van der Waals surface area contributed by atoms with E-state index >= 15 is 0 Å². The predicted octanol–water partition coefficient (Wildman–Crippen LogP) is 4.64. The van der Waals surface area contributed by atoms with Gasteiger partial charge in [0.25, 0.3) is 0 Å². The number of aliphatic hydroxyl groups excluding tert-OH is 1. The molecule has 1 nitrogen and oxygen atoms in total. The van der Waals surface area contributed by atoms with Crippen LogP contribution in [0.25, 0.3) is 0 Å². The fourth-order valence-corrected chi connectivity index (χ4v) is 4.57. The van der Waals surface area contributed by atoms with Crippen LogP contribution in [-0.2, 0) is 0 Å². The molecule has 0 amide bonds. The molecule has 2 fully saturated rings. The number of rotatable bonds is 0. The first-order valence-corrected chi connectivity index (χ1v) is 7.46. The van der Waals surface area contributed by atoms with Crippen molar-refractivity contribution in [2.45, 2.75) is 73.1 Å². The Morgan fingerprint density at radius 2 is 1.71 bits per heavy atom. The molecule has 2 saturated carbocycles. The summed E-state index contributed by atoms with van der Waals surface area (Å²) in [5, 5.41) is 7.57. The smallest absolute Gasteiger partial charge is 0.0402 e. The Kier molecular flexibility index (Phi) is 5.07. The van der Waals surface area contributed by atoms with Crippen LogP contribution in [0.3, 0.4) is 0 Å². The molecular formula is C16H32O. The highest BCUT2D eigenvalue weighted by molar-refractivity contribution is 4.98. The Balaban J connectivity index is 0.000000437. The standard InChI is InChI=1S/C14H26.C2H6O/c1-11-6-7-12-13(2,3)8-5-9-14(12,4)10-11;1-2-3/h11-12H,5-10H2,1-4H3;3H,2H2,1H3. The van der Waals surface area contributed by atoms with Crippen LogP contribution in [0, 0.1) is 22.7 Å². The molecule has 1 heteroatoms. The van der Waals surface area contributed by atoms with Crippen LogP contribution in [0.4, 0.5) is 0 Å². The highest BCUT2D eigenvalue weighted by atomic mass is 16.2. The van der Waals surface area contributed by atoms with Gasteiger partial charge in [-0.25, -0.2) is 0 Å². The molecule has 3 atom stereocenters. The molecule has 2 aliphatic carbocycles. The van der Waals surface area contributed by atoms with Crippen molar-refractivity contribution in [3.05, 3.63) is 0 Å². The summed E-state index contributed by atoms with van der Waals surface area (Å²) in [4.78, 5) is 0. The number of hydrogen-bond acceptors (Lipinski definition) is 1. The van der Waals surface area contributed by atoms with E-state index in [1.807, 2.05) is 0 Å². The van der Waals surface area contributed by atoms with E-state index in [1.165, 1.54) is 38.5 Å². The van der Waals surface area contributed by atoms with Gasteiger partial charge in [0.05, 0.1) is 0 Å². The molecule has 17 heavy (non-hydrogen) atoms. The number of aliphatic hydroxyl groups is 1. The fourth-order valence-electron chi connectivity index (χ4n) is 4.57. The Hall–Kier alpha value is -0.0400. The first kappa shape index (κ1) is 15.0. The first-order chi connectivity index (χ1) is 7.85. The Morgan fingerprint density at radius 1 is 1.12 bits per heavy atom. The SMILES string of the molecule is CC1CCC2C(C)(C)CCCC2(C)C1.CCO. The third kappa shape index (κ3) is 3.47. The van der Waals surface area contributed by atoms with Gasteiger partial charge in [-0.15, -0.1) is 0 Å². The largest absolute Gasteiger partial charge is 0.397 e. The van der Waals surface area contributed by atoms with E-state index in [2.05, 4.69) is 27.7 Å². The summed E-state index contributed by atoms with van der Waals surface area (Å²) in [6, 6.07) is 0. The first-order valence-electron chi connectivity index (χ1n) is 7.46. The lowest BCUT2D eigenvalue weighted by Crippen LogP contribution is -2.45.